The lowest BCUT2D eigenvalue weighted by molar-refractivity contribution is -0.00456. The largest absolute Gasteiger partial charge is 0.461 e. The van der Waals surface area contributed by atoms with Crippen molar-refractivity contribution in [3.8, 4) is 5.75 Å². The quantitative estimate of drug-likeness (QED) is 0.332. The molecule has 6 nitrogen and oxygen atoms in total. The Morgan fingerprint density at radius 1 is 0.872 bits per heavy atom. The molecule has 1 N–H and O–H groups in total. The summed E-state index contributed by atoms with van der Waals surface area (Å²) in [6, 6.07) is 25.8. The molecule has 194 valence electrons. The van der Waals surface area contributed by atoms with Gasteiger partial charge in [0.2, 0.25) is 5.78 Å². The summed E-state index contributed by atoms with van der Waals surface area (Å²) in [7, 11) is 0. The molecule has 2 heterocycles. The van der Waals surface area contributed by atoms with Crippen LogP contribution in [0.4, 0.5) is 8.78 Å². The third kappa shape index (κ3) is 4.88. The molecule has 4 aromatic carbocycles. The molecule has 39 heavy (non-hydrogen) atoms. The van der Waals surface area contributed by atoms with E-state index in [1.165, 1.54) is 36.4 Å². The van der Waals surface area contributed by atoms with Crippen molar-refractivity contribution in [3.63, 3.8) is 0 Å². The van der Waals surface area contributed by atoms with E-state index in [4.69, 9.17) is 9.84 Å². The minimum absolute atomic E-state index is 0.213. The van der Waals surface area contributed by atoms with Crippen LogP contribution < -0.4 is 10.1 Å². The van der Waals surface area contributed by atoms with E-state index in [0.29, 0.717) is 28.9 Å². The van der Waals surface area contributed by atoms with Crippen molar-refractivity contribution in [1.82, 2.24) is 10.3 Å². The number of fused-ring (bicyclic) bond motifs is 3. The van der Waals surface area contributed by atoms with Crippen molar-refractivity contribution < 1.29 is 23.1 Å². The molecule has 0 aromatic heterocycles. The molecule has 2 aliphatic heterocycles. The first-order valence-electron chi connectivity index (χ1n) is 12.5. The summed E-state index contributed by atoms with van der Waals surface area (Å²) in [5.74, 6) is -0.754. The minimum Gasteiger partial charge on any atom is -0.461 e. The summed E-state index contributed by atoms with van der Waals surface area (Å²) in [6.07, 6.45) is -0.459. The standard InChI is InChI=1S/C31H23F2N3O3/c32-23-14-12-21(13-15-23)29(37)31-36-27(25-6-1-2-7-28(25)39-31)17-26(35-36)20-8-10-22(11-9-20)30(38)34-18-19-4-3-5-24(33)16-19/h1-16,27,31H,17-18H2,(H,34,38). The van der Waals surface area contributed by atoms with Crippen molar-refractivity contribution in [3.05, 3.63) is 137 Å². The molecule has 0 saturated carbocycles. The Morgan fingerprint density at radius 2 is 1.62 bits per heavy atom. The van der Waals surface area contributed by atoms with Crippen LogP contribution in [0, 0.1) is 11.6 Å². The van der Waals surface area contributed by atoms with E-state index < -0.39 is 12.0 Å². The molecule has 6 rings (SSSR count). The lowest BCUT2D eigenvalue weighted by Crippen LogP contribution is -2.45. The highest BCUT2D eigenvalue weighted by atomic mass is 19.1. The molecule has 2 atom stereocenters. The maximum Gasteiger partial charge on any atom is 0.251 e. The Morgan fingerprint density at radius 3 is 2.38 bits per heavy atom. The van der Waals surface area contributed by atoms with Crippen LogP contribution in [0.2, 0.25) is 0 Å². The molecule has 0 radical (unpaired) electrons. The first-order chi connectivity index (χ1) is 19.0. The van der Waals surface area contributed by atoms with Gasteiger partial charge in [-0.15, -0.1) is 0 Å². The van der Waals surface area contributed by atoms with E-state index in [1.54, 1.807) is 29.3 Å². The van der Waals surface area contributed by atoms with Gasteiger partial charge in [-0.3, -0.25) is 9.59 Å². The number of rotatable bonds is 6. The number of hydrazone groups is 1. The van der Waals surface area contributed by atoms with Gasteiger partial charge in [-0.05, 0) is 65.7 Å². The smallest absolute Gasteiger partial charge is 0.251 e. The first kappa shape index (κ1) is 24.5. The number of nitrogens with one attached hydrogen (secondary N) is 1. The predicted molar refractivity (Wildman–Crippen MR) is 141 cm³/mol. The number of carbonyl (C=O) groups is 2. The van der Waals surface area contributed by atoms with Gasteiger partial charge >= 0.3 is 0 Å². The number of ketones is 1. The number of nitrogens with zero attached hydrogens (tertiary/aromatic N) is 2. The fourth-order valence-corrected chi connectivity index (χ4v) is 4.88. The molecule has 4 aromatic rings. The van der Waals surface area contributed by atoms with Crippen molar-refractivity contribution in [1.29, 1.82) is 0 Å². The number of hydrogen-bond donors (Lipinski definition) is 1. The van der Waals surface area contributed by atoms with E-state index in [2.05, 4.69) is 5.32 Å². The van der Waals surface area contributed by atoms with Crippen LogP contribution in [0.15, 0.2) is 102 Å². The highest BCUT2D eigenvalue weighted by Gasteiger charge is 2.43. The van der Waals surface area contributed by atoms with Gasteiger partial charge in [0, 0.05) is 29.7 Å². The normalized spacial score (nSPS) is 17.5. The van der Waals surface area contributed by atoms with Crippen LogP contribution in [0.1, 0.15) is 49.9 Å². The third-order valence-corrected chi connectivity index (χ3v) is 6.87. The fourth-order valence-electron chi connectivity index (χ4n) is 4.88. The maximum atomic E-state index is 13.4. The second kappa shape index (κ2) is 10.1. The summed E-state index contributed by atoms with van der Waals surface area (Å²) >= 11 is 0. The van der Waals surface area contributed by atoms with Gasteiger partial charge < -0.3 is 10.1 Å². The molecule has 0 spiro atoms. The Labute approximate surface area is 223 Å². The highest BCUT2D eigenvalue weighted by molar-refractivity contribution is 6.04. The van der Waals surface area contributed by atoms with Gasteiger partial charge in [-0.25, -0.2) is 13.8 Å². The number of halogens is 2. The van der Waals surface area contributed by atoms with E-state index in [0.717, 1.165) is 16.8 Å². The van der Waals surface area contributed by atoms with Crippen LogP contribution in [0.3, 0.4) is 0 Å². The van der Waals surface area contributed by atoms with Gasteiger partial charge in [0.15, 0.2) is 0 Å². The van der Waals surface area contributed by atoms with Gasteiger partial charge in [0.1, 0.15) is 17.4 Å². The Kier molecular flexibility index (Phi) is 6.36. The van der Waals surface area contributed by atoms with Crippen LogP contribution in [0.5, 0.6) is 5.75 Å². The van der Waals surface area contributed by atoms with Gasteiger partial charge in [-0.1, -0.05) is 42.5 Å². The molecule has 2 aliphatic rings. The van der Waals surface area contributed by atoms with E-state index in [1.807, 2.05) is 36.4 Å². The van der Waals surface area contributed by atoms with E-state index >= 15 is 0 Å². The molecular formula is C31H23F2N3O3. The molecule has 1 amide bonds. The highest BCUT2D eigenvalue weighted by Crippen LogP contribution is 2.43. The first-order valence-corrected chi connectivity index (χ1v) is 12.5. The zero-order chi connectivity index (χ0) is 26.9. The van der Waals surface area contributed by atoms with Crippen molar-refractivity contribution in [2.24, 2.45) is 5.10 Å². The lowest BCUT2D eigenvalue weighted by Gasteiger charge is -2.37. The monoisotopic (exact) mass is 523 g/mol. The van der Waals surface area contributed by atoms with Crippen molar-refractivity contribution in [2.45, 2.75) is 25.2 Å². The maximum absolute atomic E-state index is 13.4. The Hall–Kier alpha value is -4.85. The van der Waals surface area contributed by atoms with Crippen LogP contribution in [0.25, 0.3) is 0 Å². The van der Waals surface area contributed by atoms with Crippen LogP contribution >= 0.6 is 0 Å². The van der Waals surface area contributed by atoms with Crippen LogP contribution in [-0.4, -0.2) is 28.6 Å². The molecular weight excluding hydrogens is 500 g/mol. The molecule has 2 unspecified atom stereocenters. The number of amides is 1. The van der Waals surface area contributed by atoms with Gasteiger partial charge in [-0.2, -0.15) is 5.10 Å². The van der Waals surface area contributed by atoms with Crippen molar-refractivity contribution >= 4 is 17.4 Å². The predicted octanol–water partition coefficient (Wildman–Crippen LogP) is 5.65. The third-order valence-electron chi connectivity index (χ3n) is 6.87. The number of Topliss-reactive ketones (excluding diaryl/α,β-unsaturated/α-hetero) is 1. The average molecular weight is 524 g/mol. The Bertz CT molecular complexity index is 1590. The number of carbonyl (C=O) groups excluding carboxylic acids is 2. The fraction of sp³-hybridized carbons (Fsp3) is 0.129. The molecule has 0 bridgehead atoms. The molecule has 8 heteroatoms. The zero-order valence-electron chi connectivity index (χ0n) is 20.7. The summed E-state index contributed by atoms with van der Waals surface area (Å²) in [5.41, 5.74) is 3.96. The summed E-state index contributed by atoms with van der Waals surface area (Å²) in [4.78, 5) is 26.0. The van der Waals surface area contributed by atoms with E-state index in [-0.39, 0.29) is 30.1 Å². The topological polar surface area (TPSA) is 71.0 Å². The van der Waals surface area contributed by atoms with Gasteiger partial charge in [0.05, 0.1) is 11.8 Å². The molecule has 0 aliphatic carbocycles. The zero-order valence-corrected chi connectivity index (χ0v) is 20.7. The number of benzene rings is 4. The summed E-state index contributed by atoms with van der Waals surface area (Å²) in [5, 5.41) is 9.25. The lowest BCUT2D eigenvalue weighted by atomic mass is 9.95. The second-order valence-corrected chi connectivity index (χ2v) is 9.42. The molecule has 0 saturated heterocycles. The van der Waals surface area contributed by atoms with Gasteiger partial charge in [0.25, 0.3) is 12.1 Å². The van der Waals surface area contributed by atoms with E-state index in [9.17, 15) is 18.4 Å². The summed E-state index contributed by atoms with van der Waals surface area (Å²) in [6.45, 7) is 0.213. The summed E-state index contributed by atoms with van der Waals surface area (Å²) < 4.78 is 32.9. The minimum atomic E-state index is -0.999. The Balaban J connectivity index is 1.23. The van der Waals surface area contributed by atoms with Crippen LogP contribution in [-0.2, 0) is 6.54 Å². The number of hydrogen-bond acceptors (Lipinski definition) is 5. The molecule has 0 fully saturated rings. The number of ether oxygens (including phenoxy) is 1. The SMILES string of the molecule is O=C(NCc1cccc(F)c1)c1ccc(C2=NN3C(C(=O)c4ccc(F)cc4)Oc4ccccc4C3C2)cc1. The average Bonchev–Trinajstić information content (AvgIpc) is 3.42. The number of para-hydroxylation sites is 1. The second-order valence-electron chi connectivity index (χ2n) is 9.42. The van der Waals surface area contributed by atoms with Crippen molar-refractivity contribution in [2.75, 3.05) is 0 Å².